The summed E-state index contributed by atoms with van der Waals surface area (Å²) in [6.07, 6.45) is 3.20. The minimum atomic E-state index is 0.321. The van der Waals surface area contributed by atoms with E-state index in [-0.39, 0.29) is 0 Å². The van der Waals surface area contributed by atoms with Gasteiger partial charge >= 0.3 is 0 Å². The molecule has 0 fully saturated rings. The first kappa shape index (κ1) is 9.43. The lowest BCUT2D eigenvalue weighted by atomic mass is 10.1. The lowest BCUT2D eigenvalue weighted by molar-refractivity contribution is -0.148. The van der Waals surface area contributed by atoms with Crippen molar-refractivity contribution in [3.8, 4) is 0 Å². The van der Waals surface area contributed by atoms with Crippen molar-refractivity contribution >= 4 is 6.41 Å². The molecule has 0 bridgehead atoms. The molecule has 0 aromatic heterocycles. The van der Waals surface area contributed by atoms with E-state index >= 15 is 0 Å². The van der Waals surface area contributed by atoms with Crippen LogP contribution in [0.1, 0.15) is 20.3 Å². The normalized spacial score (nSPS) is 10.0. The maximum absolute atomic E-state index is 9.84. The topological polar surface area (TPSA) is 40.5 Å². The van der Waals surface area contributed by atoms with Gasteiger partial charge < -0.3 is 0 Å². The lowest BCUT2D eigenvalue weighted by Crippen LogP contribution is -2.18. The van der Waals surface area contributed by atoms with E-state index in [4.69, 9.17) is 5.21 Å². The fraction of sp³-hybridized carbons (Fsp3) is 0.714. The fourth-order valence-electron chi connectivity index (χ4n) is 0.583. The van der Waals surface area contributed by atoms with Crippen molar-refractivity contribution < 1.29 is 10.0 Å². The Morgan fingerprint density at radius 3 is 2.60 bits per heavy atom. The molecule has 0 aliphatic heterocycles. The highest BCUT2D eigenvalue weighted by atomic mass is 16.5. The fourth-order valence-corrected chi connectivity index (χ4v) is 0.583. The molecule has 0 aliphatic rings. The molecule has 0 unspecified atom stereocenters. The van der Waals surface area contributed by atoms with Gasteiger partial charge in [-0.05, 0) is 18.8 Å². The Morgan fingerprint density at radius 1 is 1.60 bits per heavy atom. The Morgan fingerprint density at radius 2 is 2.20 bits per heavy atom. The highest BCUT2D eigenvalue weighted by molar-refractivity contribution is 5.44. The number of amides is 1. The van der Waals surface area contributed by atoms with Crippen LogP contribution in [0.25, 0.3) is 0 Å². The molecule has 0 heterocycles. The summed E-state index contributed by atoms with van der Waals surface area (Å²) < 4.78 is 0. The number of hydroxylamine groups is 2. The molecule has 59 valence electrons. The quantitative estimate of drug-likeness (QED) is 0.356. The van der Waals surface area contributed by atoms with Crippen LogP contribution in [0.15, 0.2) is 0 Å². The molecule has 10 heavy (non-hydrogen) atoms. The van der Waals surface area contributed by atoms with Gasteiger partial charge in [0.05, 0.1) is 6.54 Å². The van der Waals surface area contributed by atoms with E-state index in [2.05, 4.69) is 13.8 Å². The first-order valence-corrected chi connectivity index (χ1v) is 3.39. The largest absolute Gasteiger partial charge is 0.286 e. The Balaban J connectivity index is 3.11. The van der Waals surface area contributed by atoms with Crippen LogP contribution in [-0.4, -0.2) is 23.2 Å². The molecular formula is C7H14NO2. The minimum Gasteiger partial charge on any atom is -0.286 e. The average Bonchev–Trinajstić information content (AvgIpc) is 1.87. The zero-order valence-corrected chi connectivity index (χ0v) is 6.45. The number of carbonyl (C=O) groups excluding carboxylic acids is 1. The van der Waals surface area contributed by atoms with Crippen molar-refractivity contribution in [2.24, 2.45) is 5.92 Å². The number of carbonyl (C=O) groups is 1. The molecule has 0 aromatic carbocycles. The van der Waals surface area contributed by atoms with E-state index in [0.29, 0.717) is 23.9 Å². The molecule has 3 heteroatoms. The summed E-state index contributed by atoms with van der Waals surface area (Å²) in [5.74, 6) is 0.583. The molecule has 0 saturated carbocycles. The summed E-state index contributed by atoms with van der Waals surface area (Å²) in [6, 6.07) is 0. The maximum Gasteiger partial charge on any atom is 0.233 e. The van der Waals surface area contributed by atoms with Gasteiger partial charge in [-0.3, -0.25) is 10.0 Å². The van der Waals surface area contributed by atoms with Gasteiger partial charge in [0.25, 0.3) is 0 Å². The second-order valence-electron chi connectivity index (χ2n) is 2.65. The van der Waals surface area contributed by atoms with E-state index in [1.54, 1.807) is 0 Å². The number of hydrogen-bond donors (Lipinski definition) is 1. The molecule has 1 amide bonds. The van der Waals surface area contributed by atoms with E-state index < -0.39 is 0 Å². The van der Waals surface area contributed by atoms with Crippen LogP contribution in [0.3, 0.4) is 0 Å². The third-order valence-corrected chi connectivity index (χ3v) is 1.08. The number of hydrogen-bond acceptors (Lipinski definition) is 2. The van der Waals surface area contributed by atoms with Gasteiger partial charge in [-0.2, -0.15) is 0 Å². The second-order valence-corrected chi connectivity index (χ2v) is 2.65. The smallest absolute Gasteiger partial charge is 0.233 e. The third-order valence-electron chi connectivity index (χ3n) is 1.08. The zero-order chi connectivity index (χ0) is 7.98. The van der Waals surface area contributed by atoms with E-state index in [0.717, 1.165) is 6.42 Å². The van der Waals surface area contributed by atoms with Crippen molar-refractivity contribution in [1.29, 1.82) is 0 Å². The van der Waals surface area contributed by atoms with E-state index in [1.165, 1.54) is 0 Å². The summed E-state index contributed by atoms with van der Waals surface area (Å²) in [5.41, 5.74) is 0. The molecule has 0 atom stereocenters. The molecule has 0 spiro atoms. The highest BCUT2D eigenvalue weighted by Crippen LogP contribution is 2.01. The maximum atomic E-state index is 9.84. The first-order valence-electron chi connectivity index (χ1n) is 3.39. The van der Waals surface area contributed by atoms with Crippen molar-refractivity contribution in [3.05, 3.63) is 6.42 Å². The Labute approximate surface area is 61.6 Å². The van der Waals surface area contributed by atoms with E-state index in [1.807, 2.05) is 6.42 Å². The van der Waals surface area contributed by atoms with Crippen molar-refractivity contribution in [2.75, 3.05) is 6.54 Å². The Hall–Kier alpha value is -0.570. The molecule has 0 aromatic rings. The average molecular weight is 144 g/mol. The van der Waals surface area contributed by atoms with Crippen LogP contribution in [0, 0.1) is 12.3 Å². The van der Waals surface area contributed by atoms with Gasteiger partial charge in [-0.15, -0.1) is 0 Å². The van der Waals surface area contributed by atoms with Crippen LogP contribution >= 0.6 is 0 Å². The predicted molar refractivity (Wildman–Crippen MR) is 38.3 cm³/mol. The van der Waals surface area contributed by atoms with Gasteiger partial charge in [0.1, 0.15) is 0 Å². The van der Waals surface area contributed by atoms with Crippen molar-refractivity contribution in [2.45, 2.75) is 20.3 Å². The summed E-state index contributed by atoms with van der Waals surface area (Å²) in [7, 11) is 0. The van der Waals surface area contributed by atoms with Gasteiger partial charge in [0, 0.05) is 0 Å². The molecule has 0 aliphatic carbocycles. The molecule has 0 saturated heterocycles. The lowest BCUT2D eigenvalue weighted by Gasteiger charge is -2.08. The monoisotopic (exact) mass is 144 g/mol. The van der Waals surface area contributed by atoms with Gasteiger partial charge in [0.15, 0.2) is 0 Å². The van der Waals surface area contributed by atoms with Crippen LogP contribution in [0.4, 0.5) is 0 Å². The molecular weight excluding hydrogens is 130 g/mol. The van der Waals surface area contributed by atoms with Crippen LogP contribution in [-0.2, 0) is 4.79 Å². The zero-order valence-electron chi connectivity index (χ0n) is 6.45. The molecule has 1 N–H and O–H groups in total. The van der Waals surface area contributed by atoms with Crippen molar-refractivity contribution in [1.82, 2.24) is 5.06 Å². The van der Waals surface area contributed by atoms with Gasteiger partial charge in [-0.1, -0.05) is 13.8 Å². The van der Waals surface area contributed by atoms with Gasteiger partial charge in [0.2, 0.25) is 6.41 Å². The van der Waals surface area contributed by atoms with Crippen LogP contribution in [0.5, 0.6) is 0 Å². The van der Waals surface area contributed by atoms with Crippen LogP contribution in [0.2, 0.25) is 0 Å². The highest BCUT2D eigenvalue weighted by Gasteiger charge is 1.97. The van der Waals surface area contributed by atoms with Gasteiger partial charge in [-0.25, -0.2) is 5.06 Å². The molecule has 0 rings (SSSR count). The SMILES string of the molecule is CC(C)C[CH]CN(O)C=O. The summed E-state index contributed by atoms with van der Waals surface area (Å²) in [5, 5.41) is 9.23. The number of nitrogens with zero attached hydrogens (tertiary/aromatic N) is 1. The van der Waals surface area contributed by atoms with E-state index in [9.17, 15) is 4.79 Å². The molecule has 1 radical (unpaired) electrons. The minimum absolute atomic E-state index is 0.321. The van der Waals surface area contributed by atoms with Crippen LogP contribution < -0.4 is 0 Å². The van der Waals surface area contributed by atoms with Crippen molar-refractivity contribution in [3.63, 3.8) is 0 Å². The second kappa shape index (κ2) is 5.23. The Kier molecular flexibility index (Phi) is 4.94. The number of rotatable bonds is 5. The third kappa shape index (κ3) is 5.56. The standard InChI is InChI=1S/C7H14NO2/c1-7(2)4-3-5-8(10)6-9/h3,6-7,10H,4-5H2,1-2H3. The summed E-state index contributed by atoms with van der Waals surface area (Å²) >= 11 is 0. The molecule has 3 nitrogen and oxygen atoms in total. The summed E-state index contributed by atoms with van der Waals surface area (Å²) in [4.78, 5) is 9.84. The Bertz CT molecular complexity index is 93.6. The predicted octanol–water partition coefficient (Wildman–Crippen LogP) is 1.08. The first-order chi connectivity index (χ1) is 4.66. The summed E-state index contributed by atoms with van der Waals surface area (Å²) in [6.45, 7) is 4.49.